The van der Waals surface area contributed by atoms with Crippen molar-refractivity contribution in [2.45, 2.75) is 77.0 Å². The number of aryl methyl sites for hydroxylation is 4. The van der Waals surface area contributed by atoms with Gasteiger partial charge in [0, 0.05) is 43.8 Å². The van der Waals surface area contributed by atoms with E-state index in [1.165, 1.54) is 22.7 Å². The van der Waals surface area contributed by atoms with Gasteiger partial charge < -0.3 is 21.3 Å². The number of aromatic nitrogens is 10. The van der Waals surface area contributed by atoms with Crippen molar-refractivity contribution in [2.24, 2.45) is 0 Å². The van der Waals surface area contributed by atoms with Gasteiger partial charge in [0.15, 0.2) is 9.84 Å². The van der Waals surface area contributed by atoms with Crippen LogP contribution in [0.3, 0.4) is 0 Å². The van der Waals surface area contributed by atoms with Crippen LogP contribution in [0.4, 0.5) is 20.5 Å². The predicted molar refractivity (Wildman–Crippen MR) is 281 cm³/mol. The molecule has 0 fully saturated rings. The summed E-state index contributed by atoms with van der Waals surface area (Å²) in [4.78, 5) is 59.3. The maximum absolute atomic E-state index is 13.1. The number of anilines is 4. The molecule has 6 aromatic heterocycles. The highest BCUT2D eigenvalue weighted by molar-refractivity contribution is 7.91. The van der Waals surface area contributed by atoms with Crippen molar-refractivity contribution in [3.8, 4) is 11.1 Å². The maximum Gasteiger partial charge on any atom is 0.232 e. The number of unbranched alkanes of at least 4 members (excludes halogenated alkanes) is 3. The Morgan fingerprint density at radius 2 is 0.863 bits per heavy atom. The molecule has 8 aromatic rings. The van der Waals surface area contributed by atoms with Crippen molar-refractivity contribution in [3.05, 3.63) is 140 Å². The zero-order valence-corrected chi connectivity index (χ0v) is 43.2. The Morgan fingerprint density at radius 1 is 0.411 bits per heavy atom. The molecule has 4 N–H and O–H groups in total. The lowest BCUT2D eigenvalue weighted by atomic mass is 10.0. The summed E-state index contributed by atoms with van der Waals surface area (Å²) in [6.07, 6.45) is 9.39. The van der Waals surface area contributed by atoms with Crippen LogP contribution < -0.4 is 21.3 Å². The van der Waals surface area contributed by atoms with Crippen molar-refractivity contribution in [3.63, 3.8) is 0 Å². The van der Waals surface area contributed by atoms with Gasteiger partial charge >= 0.3 is 0 Å². The third kappa shape index (κ3) is 17.2. The van der Waals surface area contributed by atoms with Crippen LogP contribution in [0, 0.1) is 0 Å². The number of hydrogen-bond acceptors (Lipinski definition) is 20. The number of nitrogens with zero attached hydrogens (tertiary/aromatic N) is 10. The number of amides is 4. The summed E-state index contributed by atoms with van der Waals surface area (Å²) in [7, 11) is -3.50. The molecule has 0 aliphatic rings. The molecule has 4 amide bonds. The van der Waals surface area contributed by atoms with E-state index in [2.05, 4.69) is 72.0 Å². The predicted octanol–water partition coefficient (Wildman–Crippen LogP) is 6.82. The number of sulfone groups is 1. The molecular weight excluding hydrogens is 1030 g/mol. The summed E-state index contributed by atoms with van der Waals surface area (Å²) in [6, 6.07) is 26.1. The summed E-state index contributed by atoms with van der Waals surface area (Å²) in [5.74, 6) is -1.33. The minimum absolute atomic E-state index is 0.0460. The van der Waals surface area contributed by atoms with Gasteiger partial charge in [-0.05, 0) is 59.4 Å². The van der Waals surface area contributed by atoms with Crippen molar-refractivity contribution in [1.82, 2.24) is 50.8 Å². The molecule has 0 aliphatic heterocycles. The number of benzene rings is 2. The highest BCUT2D eigenvalue weighted by Crippen LogP contribution is 2.25. The summed E-state index contributed by atoms with van der Waals surface area (Å²) in [5, 5.41) is 48.1. The number of nitrogens with one attached hydrogen (secondary N) is 4. The van der Waals surface area contributed by atoms with Gasteiger partial charge in [-0.1, -0.05) is 119 Å². The van der Waals surface area contributed by atoms with Crippen LogP contribution in [0.15, 0.2) is 97.3 Å². The Morgan fingerprint density at radius 3 is 1.40 bits per heavy atom. The molecule has 8 rings (SSSR count). The normalized spacial score (nSPS) is 11.3. The Labute approximate surface area is 436 Å². The van der Waals surface area contributed by atoms with Gasteiger partial charge in [0.25, 0.3) is 0 Å². The van der Waals surface area contributed by atoms with Crippen LogP contribution in [0.1, 0.15) is 68.2 Å². The van der Waals surface area contributed by atoms with Crippen molar-refractivity contribution >= 4 is 99.3 Å². The lowest BCUT2D eigenvalue weighted by Crippen LogP contribution is -2.15. The molecule has 0 spiro atoms. The van der Waals surface area contributed by atoms with Crippen LogP contribution in [0.5, 0.6) is 0 Å². The minimum atomic E-state index is -3.50. The van der Waals surface area contributed by atoms with Crippen LogP contribution in [0.25, 0.3) is 11.1 Å². The number of hydrogen-bond donors (Lipinski definition) is 4. The van der Waals surface area contributed by atoms with Crippen LogP contribution in [-0.2, 0) is 80.4 Å². The Bertz CT molecular complexity index is 3240. The molecule has 25 heteroatoms. The molecule has 20 nitrogen and oxygen atoms in total. The second-order valence-corrected chi connectivity index (χ2v) is 23.1. The molecule has 0 bridgehead atoms. The summed E-state index contributed by atoms with van der Waals surface area (Å²) < 4.78 is 25.7. The van der Waals surface area contributed by atoms with E-state index in [1.807, 2.05) is 66.7 Å². The Hall–Kier alpha value is -7.19. The fraction of sp³-hybridized carbons (Fsp3) is 0.292. The third-order valence-electron chi connectivity index (χ3n) is 10.7. The zero-order chi connectivity index (χ0) is 50.8. The molecule has 0 atom stereocenters. The Kier molecular flexibility index (Phi) is 18.5. The van der Waals surface area contributed by atoms with Crippen LogP contribution >= 0.6 is 45.3 Å². The quantitative estimate of drug-likeness (QED) is 0.0405. The van der Waals surface area contributed by atoms with Crippen molar-refractivity contribution in [1.29, 1.82) is 0 Å². The van der Waals surface area contributed by atoms with Crippen LogP contribution in [0.2, 0.25) is 0 Å². The topological polar surface area (TPSA) is 279 Å². The number of carbonyl (C=O) groups excluding carboxylic acids is 4. The SMILES string of the molecule is O=C(Cc1ccccc1)Nc1nnc(CCCCCCc2nnc(NC(=O)Cc3cccc(-c4ccnc(CC(=O)Nc5nnc(CCS(=O)(=O)CCc6nnc(NC(=O)Cc7ccccn7)s6)s5)c4)c3)s2)s1. The van der Waals surface area contributed by atoms with Gasteiger partial charge in [-0.15, -0.1) is 40.8 Å². The van der Waals surface area contributed by atoms with E-state index in [0.29, 0.717) is 31.7 Å². The van der Waals surface area contributed by atoms with Gasteiger partial charge in [-0.3, -0.25) is 29.1 Å². The average molecular weight is 1080 g/mol. The van der Waals surface area contributed by atoms with Gasteiger partial charge in [0.1, 0.15) is 20.0 Å². The number of pyridine rings is 2. The van der Waals surface area contributed by atoms with E-state index in [4.69, 9.17) is 0 Å². The summed E-state index contributed by atoms with van der Waals surface area (Å²) >= 11 is 4.98. The van der Waals surface area contributed by atoms with E-state index < -0.39 is 9.84 Å². The fourth-order valence-corrected chi connectivity index (χ4v) is 11.8. The Balaban J connectivity index is 0.710. The molecule has 6 heterocycles. The molecule has 2 aromatic carbocycles. The number of carbonyl (C=O) groups is 4. The van der Waals surface area contributed by atoms with Gasteiger partial charge in [0.2, 0.25) is 44.2 Å². The molecule has 73 heavy (non-hydrogen) atoms. The van der Waals surface area contributed by atoms with Gasteiger partial charge in [-0.25, -0.2) is 8.42 Å². The standard InChI is InChI=1S/C48H48N14O6S5/c63-37(26-31-11-4-3-5-12-31)51-45-59-55-41(69-45)16-6-1-2-7-17-42-56-60-46(70-42)52-38(64)27-32-13-10-14-33(25-32)34-18-22-50-36(28-34)30-40(66)54-48-62-58-44(72-48)20-24-73(67,68)23-19-43-57-61-47(71-43)53-39(65)29-35-15-8-9-21-49-35/h3-5,8-15,18,21-22,25,28H,1-2,6-7,16-17,19-20,23-24,26-27,29-30H2,(H,51,59,63)(H,52,60,64)(H,53,61,65)(H,54,62,66). The first-order valence-electron chi connectivity index (χ1n) is 23.1. The minimum Gasteiger partial charge on any atom is -0.300 e. The summed E-state index contributed by atoms with van der Waals surface area (Å²) in [6.45, 7) is 0. The van der Waals surface area contributed by atoms with E-state index in [1.54, 1.807) is 30.6 Å². The highest BCUT2D eigenvalue weighted by Gasteiger charge is 2.18. The van der Waals surface area contributed by atoms with Gasteiger partial charge in [0.05, 0.1) is 42.9 Å². The second kappa shape index (κ2) is 26.0. The van der Waals surface area contributed by atoms with E-state index in [9.17, 15) is 27.6 Å². The molecule has 0 aliphatic carbocycles. The number of rotatable bonds is 26. The largest absolute Gasteiger partial charge is 0.300 e. The molecule has 0 saturated carbocycles. The molecule has 0 saturated heterocycles. The first-order valence-corrected chi connectivity index (χ1v) is 28.2. The zero-order valence-electron chi connectivity index (χ0n) is 39.1. The van der Waals surface area contributed by atoms with Crippen LogP contribution in [-0.4, -0.2) is 94.3 Å². The second-order valence-electron chi connectivity index (χ2n) is 16.5. The smallest absolute Gasteiger partial charge is 0.232 e. The first-order chi connectivity index (χ1) is 35.4. The monoisotopic (exact) mass is 1080 g/mol. The summed E-state index contributed by atoms with van der Waals surface area (Å²) in [5.41, 5.74) is 4.52. The average Bonchev–Trinajstić information content (AvgIpc) is 4.22. The van der Waals surface area contributed by atoms with E-state index in [-0.39, 0.29) is 83.9 Å². The van der Waals surface area contributed by atoms with E-state index in [0.717, 1.165) is 93.5 Å². The lowest BCUT2D eigenvalue weighted by Gasteiger charge is -2.07. The van der Waals surface area contributed by atoms with Crippen molar-refractivity contribution < 1.29 is 27.6 Å². The molecule has 0 unspecified atom stereocenters. The highest BCUT2D eigenvalue weighted by atomic mass is 32.2. The molecule has 376 valence electrons. The molecular formula is C48H48N14O6S5. The maximum atomic E-state index is 13.1. The van der Waals surface area contributed by atoms with E-state index >= 15 is 0 Å². The van der Waals surface area contributed by atoms with Gasteiger partial charge in [-0.2, -0.15) is 0 Å². The lowest BCUT2D eigenvalue weighted by molar-refractivity contribution is -0.116. The van der Waals surface area contributed by atoms with Crippen molar-refractivity contribution in [2.75, 3.05) is 32.8 Å². The molecule has 0 radical (unpaired) electrons. The fourth-order valence-electron chi connectivity index (χ4n) is 7.18. The third-order valence-corrected chi connectivity index (χ3v) is 15.9. The first kappa shape index (κ1) is 52.1.